The Morgan fingerprint density at radius 3 is 2.86 bits per heavy atom. The first-order valence-corrected chi connectivity index (χ1v) is 15.1. The van der Waals surface area contributed by atoms with Crippen molar-refractivity contribution in [3.8, 4) is 0 Å². The van der Waals surface area contributed by atoms with E-state index in [0.29, 0.717) is 11.3 Å². The molecule has 2 saturated heterocycles. The van der Waals surface area contributed by atoms with Crippen LogP contribution in [-0.4, -0.2) is 103 Å². The van der Waals surface area contributed by atoms with E-state index in [1.54, 1.807) is 0 Å². The standard InChI is InChI=1S/C20H25FN11O8PS/c21-12-11(5-33)39-19(32-16-13(29-30-32)18(35)28-20(23)27-16)14(12)40-41(36,42)37-2-1-9-8(34)3-10(38-9)7-4-24-17-15(22)25-6-26-31(7)17/h4,6,8-12,14,19,33-34H,1-3,5H2,(H,36,42)(H2,22,25,26)(H3,23,27,28,35)/t8-,9+,10+,11+,12-,14+,19+,41?/m0/s1. The van der Waals surface area contributed by atoms with Crippen LogP contribution in [0.15, 0.2) is 17.3 Å². The van der Waals surface area contributed by atoms with Gasteiger partial charge in [-0.1, -0.05) is 5.21 Å². The largest absolute Gasteiger partial charge is 0.394 e. The quantitative estimate of drug-likeness (QED) is 0.112. The van der Waals surface area contributed by atoms with E-state index in [2.05, 4.69) is 35.3 Å². The predicted molar refractivity (Wildman–Crippen MR) is 142 cm³/mol. The summed E-state index contributed by atoms with van der Waals surface area (Å²) >= 11 is 5.11. The van der Waals surface area contributed by atoms with Crippen LogP contribution in [0.2, 0.25) is 0 Å². The van der Waals surface area contributed by atoms with Crippen molar-refractivity contribution in [3.63, 3.8) is 0 Å². The molecule has 0 amide bonds. The van der Waals surface area contributed by atoms with E-state index in [0.717, 1.165) is 4.68 Å². The van der Waals surface area contributed by atoms with Gasteiger partial charge in [-0.05, 0) is 11.8 Å². The number of nitrogens with one attached hydrogen (secondary N) is 1. The van der Waals surface area contributed by atoms with Crippen LogP contribution >= 0.6 is 6.72 Å². The minimum absolute atomic E-state index is 0.0937. The minimum Gasteiger partial charge on any atom is -0.394 e. The van der Waals surface area contributed by atoms with Crippen LogP contribution in [0.5, 0.6) is 0 Å². The van der Waals surface area contributed by atoms with E-state index < -0.39 is 61.8 Å². The summed E-state index contributed by atoms with van der Waals surface area (Å²) in [5.74, 6) is -0.0646. The van der Waals surface area contributed by atoms with Gasteiger partial charge < -0.3 is 40.6 Å². The molecule has 2 aliphatic rings. The molecule has 4 aromatic heterocycles. The summed E-state index contributed by atoms with van der Waals surface area (Å²) in [6.45, 7) is -5.09. The van der Waals surface area contributed by atoms with Crippen LogP contribution in [0.25, 0.3) is 16.8 Å². The lowest BCUT2D eigenvalue weighted by Gasteiger charge is -2.25. The van der Waals surface area contributed by atoms with E-state index in [1.807, 2.05) is 0 Å². The van der Waals surface area contributed by atoms with Crippen LogP contribution < -0.4 is 17.0 Å². The van der Waals surface area contributed by atoms with Gasteiger partial charge in [0.15, 0.2) is 35.0 Å². The van der Waals surface area contributed by atoms with Gasteiger partial charge in [0.05, 0.1) is 37.3 Å². The summed E-state index contributed by atoms with van der Waals surface area (Å²) < 4.78 is 40.1. The van der Waals surface area contributed by atoms with E-state index in [1.165, 1.54) is 17.0 Å². The first-order valence-electron chi connectivity index (χ1n) is 12.5. The van der Waals surface area contributed by atoms with Crippen LogP contribution in [0.1, 0.15) is 30.9 Å². The summed E-state index contributed by atoms with van der Waals surface area (Å²) in [5, 5.41) is 31.8. The average molecular weight is 630 g/mol. The van der Waals surface area contributed by atoms with Crippen molar-refractivity contribution in [2.45, 2.75) is 55.8 Å². The van der Waals surface area contributed by atoms with Crippen molar-refractivity contribution >= 4 is 47.1 Å². The Bertz CT molecular complexity index is 1720. The Hall–Kier alpha value is -3.27. The highest BCUT2D eigenvalue weighted by Crippen LogP contribution is 2.50. The average Bonchev–Trinajstić information content (AvgIpc) is 3.70. The molecule has 0 bridgehead atoms. The predicted octanol–water partition coefficient (Wildman–Crippen LogP) is -1.76. The molecule has 0 saturated carbocycles. The molecule has 42 heavy (non-hydrogen) atoms. The number of hydrogen-bond donors (Lipinski definition) is 6. The molecular weight excluding hydrogens is 604 g/mol. The smallest absolute Gasteiger partial charge is 0.325 e. The van der Waals surface area contributed by atoms with E-state index in [-0.39, 0.29) is 42.4 Å². The Morgan fingerprint density at radius 1 is 1.26 bits per heavy atom. The number of aromatic nitrogens is 9. The van der Waals surface area contributed by atoms with Gasteiger partial charge in [0.25, 0.3) is 5.56 Å². The zero-order valence-electron chi connectivity index (χ0n) is 21.4. The molecule has 8 atom stereocenters. The Labute approximate surface area is 238 Å². The SMILES string of the molecule is Nc1nc2c(nnn2[C@@H]2O[C@H](CO)[C@H](F)[C@H]2OP(O)(=S)OCC[C@H]2O[C@@H](c3cnc4c(N)ncnn34)C[C@@H]2O)c(=O)[nH]1. The number of fused-ring (bicyclic) bond motifs is 2. The number of rotatable bonds is 9. The number of imidazole rings is 1. The first kappa shape index (κ1) is 28.8. The molecule has 19 nitrogen and oxygen atoms in total. The number of alkyl halides is 1. The molecule has 4 aromatic rings. The molecule has 0 radical (unpaired) electrons. The molecule has 8 N–H and O–H groups in total. The summed E-state index contributed by atoms with van der Waals surface area (Å²) in [6.07, 6.45) is -5.47. The topological polar surface area (TPSA) is 269 Å². The van der Waals surface area contributed by atoms with Crippen molar-refractivity contribution in [1.82, 2.24) is 44.5 Å². The molecule has 2 fully saturated rings. The van der Waals surface area contributed by atoms with Crippen LogP contribution in [-0.2, 0) is 30.3 Å². The zero-order valence-corrected chi connectivity index (χ0v) is 23.1. The summed E-state index contributed by atoms with van der Waals surface area (Å²) in [4.78, 5) is 37.2. The maximum atomic E-state index is 15.3. The number of nitrogens with zero attached hydrogens (tertiary/aromatic N) is 8. The fraction of sp³-hybridized carbons (Fsp3) is 0.550. The third-order valence-electron chi connectivity index (χ3n) is 6.86. The van der Waals surface area contributed by atoms with E-state index in [4.69, 9.17) is 41.8 Å². The van der Waals surface area contributed by atoms with Crippen molar-refractivity contribution in [2.75, 3.05) is 24.7 Å². The number of nitrogen functional groups attached to an aromatic ring is 2. The normalized spacial score (nSPS) is 29.5. The lowest BCUT2D eigenvalue weighted by molar-refractivity contribution is -0.0548. The fourth-order valence-corrected chi connectivity index (χ4v) is 6.35. The van der Waals surface area contributed by atoms with Crippen molar-refractivity contribution in [3.05, 3.63) is 28.6 Å². The van der Waals surface area contributed by atoms with E-state index in [9.17, 15) is 19.9 Å². The lowest BCUT2D eigenvalue weighted by Crippen LogP contribution is -2.32. The maximum absolute atomic E-state index is 15.3. The second-order valence-electron chi connectivity index (χ2n) is 9.54. The number of anilines is 2. The van der Waals surface area contributed by atoms with Gasteiger partial charge in [-0.2, -0.15) is 14.8 Å². The summed E-state index contributed by atoms with van der Waals surface area (Å²) in [7, 11) is 0. The fourth-order valence-electron chi connectivity index (χ4n) is 4.90. The number of aliphatic hydroxyl groups excluding tert-OH is 2. The number of H-pyrrole nitrogens is 1. The molecule has 0 aromatic carbocycles. The molecule has 2 aliphatic heterocycles. The van der Waals surface area contributed by atoms with Crippen molar-refractivity contribution in [2.24, 2.45) is 0 Å². The first-order chi connectivity index (χ1) is 20.1. The van der Waals surface area contributed by atoms with Gasteiger partial charge in [-0.3, -0.25) is 14.3 Å². The highest BCUT2D eigenvalue weighted by Gasteiger charge is 2.50. The third kappa shape index (κ3) is 5.23. The Kier molecular flexibility index (Phi) is 7.62. The highest BCUT2D eigenvalue weighted by atomic mass is 32.5. The molecule has 226 valence electrons. The molecular formula is C20H25FN11O8PS. The monoisotopic (exact) mass is 629 g/mol. The Balaban J connectivity index is 1.12. The van der Waals surface area contributed by atoms with Crippen molar-refractivity contribution < 1.29 is 38.0 Å². The third-order valence-corrected chi connectivity index (χ3v) is 8.45. The van der Waals surface area contributed by atoms with Crippen LogP contribution in [0.3, 0.4) is 0 Å². The zero-order chi connectivity index (χ0) is 29.8. The number of aromatic amines is 1. The van der Waals surface area contributed by atoms with Gasteiger partial charge >= 0.3 is 6.72 Å². The molecule has 6 rings (SSSR count). The second-order valence-corrected chi connectivity index (χ2v) is 12.3. The van der Waals surface area contributed by atoms with Gasteiger partial charge in [-0.25, -0.2) is 18.9 Å². The lowest BCUT2D eigenvalue weighted by atomic mass is 10.1. The number of aliphatic hydroxyl groups is 2. The minimum atomic E-state index is -4.14. The van der Waals surface area contributed by atoms with Gasteiger partial charge in [0, 0.05) is 12.8 Å². The van der Waals surface area contributed by atoms with Crippen LogP contribution in [0.4, 0.5) is 16.2 Å². The van der Waals surface area contributed by atoms with Crippen LogP contribution in [0, 0.1) is 0 Å². The molecule has 0 spiro atoms. The maximum Gasteiger partial charge on any atom is 0.325 e. The number of hydrogen-bond acceptors (Lipinski definition) is 16. The highest BCUT2D eigenvalue weighted by molar-refractivity contribution is 8.07. The molecule has 1 unspecified atom stereocenters. The Morgan fingerprint density at radius 2 is 2.07 bits per heavy atom. The van der Waals surface area contributed by atoms with Crippen molar-refractivity contribution in [1.29, 1.82) is 0 Å². The number of halogens is 1. The van der Waals surface area contributed by atoms with E-state index >= 15 is 4.39 Å². The number of nitrogens with two attached hydrogens (primary N) is 2. The summed E-state index contributed by atoms with van der Waals surface area (Å²) in [6, 6.07) is 0. The second kappa shape index (κ2) is 11.1. The van der Waals surface area contributed by atoms with Gasteiger partial charge in [0.2, 0.25) is 5.95 Å². The molecule has 22 heteroatoms. The van der Waals surface area contributed by atoms with Gasteiger partial charge in [0.1, 0.15) is 24.6 Å². The summed E-state index contributed by atoms with van der Waals surface area (Å²) in [5.41, 5.74) is 11.3. The number of ether oxygens (including phenoxy) is 2. The molecule has 6 heterocycles. The van der Waals surface area contributed by atoms with Gasteiger partial charge in [-0.15, -0.1) is 5.10 Å². The molecule has 0 aliphatic carbocycles.